The Bertz CT molecular complexity index is 959. The third kappa shape index (κ3) is 6.80. The topological polar surface area (TPSA) is 76.7 Å². The van der Waals surface area contributed by atoms with E-state index < -0.39 is 35.2 Å². The van der Waals surface area contributed by atoms with Gasteiger partial charge in [0.15, 0.2) is 0 Å². The van der Waals surface area contributed by atoms with E-state index in [0.29, 0.717) is 0 Å². The SMILES string of the molecule is CC(C)(C)C(=O)ONc1ccc(F)c(NC(=O)c2cc(Cl)cc(OC(F)(F)F)c2)c1. The van der Waals surface area contributed by atoms with Crippen molar-refractivity contribution in [3.05, 3.63) is 52.8 Å². The second-order valence-corrected chi connectivity index (χ2v) is 7.55. The zero-order valence-corrected chi connectivity index (χ0v) is 16.7. The molecule has 0 aromatic heterocycles. The number of halogens is 5. The zero-order valence-electron chi connectivity index (χ0n) is 16.0. The number of hydrogen-bond donors (Lipinski definition) is 2. The van der Waals surface area contributed by atoms with E-state index in [-0.39, 0.29) is 22.0 Å². The van der Waals surface area contributed by atoms with Crippen molar-refractivity contribution in [3.63, 3.8) is 0 Å². The summed E-state index contributed by atoms with van der Waals surface area (Å²) >= 11 is 5.73. The Morgan fingerprint density at radius 1 is 1.03 bits per heavy atom. The number of benzene rings is 2. The van der Waals surface area contributed by atoms with Gasteiger partial charge in [-0.3, -0.25) is 4.79 Å². The van der Waals surface area contributed by atoms with Gasteiger partial charge in [0, 0.05) is 10.6 Å². The van der Waals surface area contributed by atoms with Crippen molar-refractivity contribution in [2.75, 3.05) is 10.8 Å². The summed E-state index contributed by atoms with van der Waals surface area (Å²) in [6.07, 6.45) is -4.98. The molecule has 0 heterocycles. The first-order chi connectivity index (χ1) is 13.7. The lowest BCUT2D eigenvalue weighted by atomic mass is 9.98. The number of carbonyl (C=O) groups is 2. The molecule has 1 amide bonds. The highest BCUT2D eigenvalue weighted by atomic mass is 35.5. The average Bonchev–Trinajstić information content (AvgIpc) is 2.59. The van der Waals surface area contributed by atoms with Crippen LogP contribution in [0.5, 0.6) is 5.75 Å². The number of hydrogen-bond acceptors (Lipinski definition) is 5. The summed E-state index contributed by atoms with van der Waals surface area (Å²) in [5, 5.41) is 2.02. The van der Waals surface area contributed by atoms with Gasteiger partial charge in [-0.05, 0) is 57.2 Å². The average molecular weight is 449 g/mol. The van der Waals surface area contributed by atoms with Crippen molar-refractivity contribution >= 4 is 34.9 Å². The van der Waals surface area contributed by atoms with Gasteiger partial charge < -0.3 is 14.9 Å². The lowest BCUT2D eigenvalue weighted by molar-refractivity contribution is -0.274. The highest BCUT2D eigenvalue weighted by Crippen LogP contribution is 2.28. The normalized spacial score (nSPS) is 11.6. The molecule has 11 heteroatoms. The van der Waals surface area contributed by atoms with Gasteiger partial charge in [0.05, 0.1) is 16.8 Å². The van der Waals surface area contributed by atoms with Crippen molar-refractivity contribution in [2.45, 2.75) is 27.1 Å². The van der Waals surface area contributed by atoms with E-state index in [1.165, 1.54) is 6.07 Å². The molecule has 0 unspecified atom stereocenters. The van der Waals surface area contributed by atoms with Gasteiger partial charge in [0.2, 0.25) is 0 Å². The molecule has 0 radical (unpaired) electrons. The Morgan fingerprint density at radius 3 is 2.30 bits per heavy atom. The molecule has 0 fully saturated rings. The number of anilines is 2. The van der Waals surface area contributed by atoms with Crippen LogP contribution in [0, 0.1) is 11.2 Å². The predicted octanol–water partition coefficient (Wildman–Crippen LogP) is 5.55. The van der Waals surface area contributed by atoms with Gasteiger partial charge in [-0.25, -0.2) is 14.7 Å². The van der Waals surface area contributed by atoms with Crippen molar-refractivity contribution in [3.8, 4) is 5.75 Å². The molecule has 0 saturated heterocycles. The summed E-state index contributed by atoms with van der Waals surface area (Å²) in [4.78, 5) is 29.0. The molecule has 0 atom stereocenters. The second-order valence-electron chi connectivity index (χ2n) is 7.11. The molecule has 162 valence electrons. The maximum absolute atomic E-state index is 14.1. The lowest BCUT2D eigenvalue weighted by Crippen LogP contribution is -2.25. The first kappa shape index (κ1) is 23.3. The van der Waals surface area contributed by atoms with Crippen molar-refractivity contribution in [2.24, 2.45) is 5.41 Å². The Kier molecular flexibility index (Phi) is 6.81. The number of nitrogens with one attached hydrogen (secondary N) is 2. The summed E-state index contributed by atoms with van der Waals surface area (Å²) in [7, 11) is 0. The Balaban J connectivity index is 2.18. The van der Waals surface area contributed by atoms with Crippen LogP contribution in [0.1, 0.15) is 31.1 Å². The van der Waals surface area contributed by atoms with Crippen LogP contribution in [0.4, 0.5) is 28.9 Å². The molecule has 0 aliphatic carbocycles. The Hall–Kier alpha value is -3.01. The molecular weight excluding hydrogens is 432 g/mol. The van der Waals surface area contributed by atoms with Gasteiger partial charge in [-0.15, -0.1) is 13.2 Å². The predicted molar refractivity (Wildman–Crippen MR) is 102 cm³/mol. The van der Waals surface area contributed by atoms with E-state index in [4.69, 9.17) is 16.4 Å². The molecule has 2 aromatic rings. The third-order valence-electron chi connectivity index (χ3n) is 3.46. The standard InChI is InChI=1S/C19H17ClF4N2O4/c1-18(2,3)17(28)30-26-12-4-5-14(21)15(9-12)25-16(27)10-6-11(20)8-13(7-10)29-19(22,23)24/h4-9,26H,1-3H3,(H,25,27). The van der Waals surface area contributed by atoms with Crippen molar-refractivity contribution in [1.82, 2.24) is 0 Å². The highest BCUT2D eigenvalue weighted by Gasteiger charge is 2.31. The molecule has 0 aliphatic rings. The lowest BCUT2D eigenvalue weighted by Gasteiger charge is -2.17. The van der Waals surface area contributed by atoms with Crippen LogP contribution in [-0.2, 0) is 9.63 Å². The smallest absolute Gasteiger partial charge is 0.406 e. The van der Waals surface area contributed by atoms with E-state index in [9.17, 15) is 27.2 Å². The fourth-order valence-corrected chi connectivity index (χ4v) is 2.25. The van der Waals surface area contributed by atoms with Crippen LogP contribution in [0.25, 0.3) is 0 Å². The van der Waals surface area contributed by atoms with E-state index in [0.717, 1.165) is 30.3 Å². The molecule has 0 aliphatic heterocycles. The number of carbonyl (C=O) groups excluding carboxylic acids is 2. The van der Waals surface area contributed by atoms with Crippen LogP contribution in [0.2, 0.25) is 5.02 Å². The quantitative estimate of drug-likeness (QED) is 0.463. The van der Waals surface area contributed by atoms with Gasteiger partial charge in [-0.2, -0.15) is 0 Å². The van der Waals surface area contributed by atoms with Crippen molar-refractivity contribution < 1.29 is 36.7 Å². The molecule has 0 bridgehead atoms. The first-order valence-electron chi connectivity index (χ1n) is 8.39. The Morgan fingerprint density at radius 2 is 1.70 bits per heavy atom. The minimum Gasteiger partial charge on any atom is -0.406 e. The summed E-state index contributed by atoms with van der Waals surface area (Å²) in [6.45, 7) is 4.90. The zero-order chi connectivity index (χ0) is 22.7. The van der Waals surface area contributed by atoms with E-state index >= 15 is 0 Å². The summed E-state index contributed by atoms with van der Waals surface area (Å²) in [6, 6.07) is 6.17. The maximum atomic E-state index is 14.1. The minimum absolute atomic E-state index is 0.150. The van der Waals surface area contributed by atoms with E-state index in [2.05, 4.69) is 15.5 Å². The molecule has 2 rings (SSSR count). The van der Waals surface area contributed by atoms with E-state index in [1.54, 1.807) is 20.8 Å². The molecule has 2 N–H and O–H groups in total. The molecule has 6 nitrogen and oxygen atoms in total. The number of amides is 1. The molecule has 30 heavy (non-hydrogen) atoms. The van der Waals surface area contributed by atoms with Crippen LogP contribution in [0.3, 0.4) is 0 Å². The molecular formula is C19H17ClF4N2O4. The van der Waals surface area contributed by atoms with Crippen LogP contribution < -0.4 is 15.5 Å². The van der Waals surface area contributed by atoms with Crippen LogP contribution >= 0.6 is 11.6 Å². The van der Waals surface area contributed by atoms with Gasteiger partial charge in [0.1, 0.15) is 11.6 Å². The monoisotopic (exact) mass is 448 g/mol. The summed E-state index contributed by atoms with van der Waals surface area (Å²) in [5.41, 5.74) is 1.10. The third-order valence-corrected chi connectivity index (χ3v) is 3.67. The number of rotatable bonds is 5. The molecule has 2 aromatic carbocycles. The van der Waals surface area contributed by atoms with Gasteiger partial charge in [0.25, 0.3) is 5.91 Å². The Labute approximate surface area is 174 Å². The number of alkyl halides is 3. The van der Waals surface area contributed by atoms with Gasteiger partial charge >= 0.3 is 12.3 Å². The minimum atomic E-state index is -4.98. The fraction of sp³-hybridized carbons (Fsp3) is 0.263. The molecule has 0 spiro atoms. The second kappa shape index (κ2) is 8.78. The fourth-order valence-electron chi connectivity index (χ4n) is 2.02. The molecule has 0 saturated carbocycles. The number of ether oxygens (including phenoxy) is 1. The highest BCUT2D eigenvalue weighted by molar-refractivity contribution is 6.31. The van der Waals surface area contributed by atoms with Crippen LogP contribution in [0.15, 0.2) is 36.4 Å². The summed E-state index contributed by atoms with van der Waals surface area (Å²) in [5.74, 6) is -3.05. The van der Waals surface area contributed by atoms with E-state index in [1.807, 2.05) is 0 Å². The van der Waals surface area contributed by atoms with Crippen LogP contribution in [-0.4, -0.2) is 18.2 Å². The largest absolute Gasteiger partial charge is 0.573 e. The first-order valence-corrected chi connectivity index (χ1v) is 8.77. The van der Waals surface area contributed by atoms with Gasteiger partial charge in [-0.1, -0.05) is 11.6 Å². The summed E-state index contributed by atoms with van der Waals surface area (Å²) < 4.78 is 55.0. The maximum Gasteiger partial charge on any atom is 0.573 e. The van der Waals surface area contributed by atoms with Crippen molar-refractivity contribution in [1.29, 1.82) is 0 Å².